The predicted octanol–water partition coefficient (Wildman–Crippen LogP) is 4.46. The molecule has 0 atom stereocenters. The van der Waals surface area contributed by atoms with E-state index < -0.39 is 0 Å². The number of aryl methyl sites for hydroxylation is 2. The summed E-state index contributed by atoms with van der Waals surface area (Å²) >= 11 is 0. The molecule has 0 amide bonds. The number of furan rings is 1. The SMILES string of the molecule is CCCCCCc1ccc(CCCCCCN)o1. The summed E-state index contributed by atoms with van der Waals surface area (Å²) in [5.41, 5.74) is 5.47. The molecule has 0 saturated carbocycles. The third-order valence-corrected chi connectivity index (χ3v) is 3.37. The van der Waals surface area contributed by atoms with Gasteiger partial charge in [-0.3, -0.25) is 0 Å². The molecular weight excluding hydrogens is 222 g/mol. The van der Waals surface area contributed by atoms with E-state index in [0.29, 0.717) is 0 Å². The van der Waals surface area contributed by atoms with Crippen molar-refractivity contribution in [3.05, 3.63) is 23.7 Å². The standard InChI is InChI=1S/C16H29NO/c1-2-3-4-7-10-15-12-13-16(18-15)11-8-5-6-9-14-17/h12-13H,2-11,14,17H2,1H3. The first-order valence-corrected chi connectivity index (χ1v) is 7.64. The van der Waals surface area contributed by atoms with Crippen LogP contribution in [0.25, 0.3) is 0 Å². The largest absolute Gasteiger partial charge is 0.466 e. The molecule has 2 N–H and O–H groups in total. The summed E-state index contributed by atoms with van der Waals surface area (Å²) in [6.07, 6.45) is 12.3. The predicted molar refractivity (Wildman–Crippen MR) is 77.8 cm³/mol. The van der Waals surface area contributed by atoms with Crippen molar-refractivity contribution in [3.8, 4) is 0 Å². The topological polar surface area (TPSA) is 39.2 Å². The first-order valence-electron chi connectivity index (χ1n) is 7.64. The van der Waals surface area contributed by atoms with Crippen LogP contribution in [0.15, 0.2) is 16.5 Å². The Balaban J connectivity index is 2.10. The Morgan fingerprint density at radius 2 is 1.39 bits per heavy atom. The molecule has 0 aliphatic carbocycles. The molecule has 0 aromatic carbocycles. The molecule has 0 bridgehead atoms. The van der Waals surface area contributed by atoms with Gasteiger partial charge in [-0.15, -0.1) is 0 Å². The van der Waals surface area contributed by atoms with Gasteiger partial charge in [-0.05, 0) is 37.9 Å². The zero-order chi connectivity index (χ0) is 13.1. The van der Waals surface area contributed by atoms with Crippen LogP contribution in [0.1, 0.15) is 69.8 Å². The fourth-order valence-electron chi connectivity index (χ4n) is 2.21. The Kier molecular flexibility index (Phi) is 8.66. The lowest BCUT2D eigenvalue weighted by Gasteiger charge is -1.99. The molecule has 0 aliphatic heterocycles. The second-order valence-corrected chi connectivity index (χ2v) is 5.13. The molecule has 0 radical (unpaired) electrons. The maximum absolute atomic E-state index is 5.85. The Morgan fingerprint density at radius 3 is 1.94 bits per heavy atom. The molecule has 2 nitrogen and oxygen atoms in total. The normalized spacial score (nSPS) is 11.0. The van der Waals surface area contributed by atoms with Gasteiger partial charge < -0.3 is 10.2 Å². The Hall–Kier alpha value is -0.760. The van der Waals surface area contributed by atoms with E-state index in [1.165, 1.54) is 50.7 Å². The van der Waals surface area contributed by atoms with E-state index in [-0.39, 0.29) is 0 Å². The fourth-order valence-corrected chi connectivity index (χ4v) is 2.21. The molecule has 1 aromatic heterocycles. The van der Waals surface area contributed by atoms with Crippen molar-refractivity contribution in [2.24, 2.45) is 5.73 Å². The van der Waals surface area contributed by atoms with Crippen molar-refractivity contribution in [1.29, 1.82) is 0 Å². The minimum atomic E-state index is 0.822. The summed E-state index contributed by atoms with van der Waals surface area (Å²) in [4.78, 5) is 0. The van der Waals surface area contributed by atoms with Gasteiger partial charge in [0, 0.05) is 12.8 Å². The summed E-state index contributed by atoms with van der Waals surface area (Å²) in [6, 6.07) is 4.30. The maximum atomic E-state index is 5.85. The molecule has 1 aromatic rings. The van der Waals surface area contributed by atoms with E-state index in [9.17, 15) is 0 Å². The molecule has 104 valence electrons. The van der Waals surface area contributed by atoms with Crippen LogP contribution >= 0.6 is 0 Å². The van der Waals surface area contributed by atoms with E-state index >= 15 is 0 Å². The van der Waals surface area contributed by atoms with Gasteiger partial charge in [0.1, 0.15) is 11.5 Å². The maximum Gasteiger partial charge on any atom is 0.104 e. The molecule has 1 heterocycles. The van der Waals surface area contributed by atoms with Gasteiger partial charge in [0.05, 0.1) is 0 Å². The molecular formula is C16H29NO. The number of hydrogen-bond donors (Lipinski definition) is 1. The Morgan fingerprint density at radius 1 is 0.833 bits per heavy atom. The molecule has 0 saturated heterocycles. The molecule has 0 aliphatic rings. The second kappa shape index (κ2) is 10.2. The van der Waals surface area contributed by atoms with Crippen LogP contribution in [0.4, 0.5) is 0 Å². The second-order valence-electron chi connectivity index (χ2n) is 5.13. The van der Waals surface area contributed by atoms with Gasteiger partial charge in [0.25, 0.3) is 0 Å². The van der Waals surface area contributed by atoms with Gasteiger partial charge in [-0.25, -0.2) is 0 Å². The van der Waals surface area contributed by atoms with Gasteiger partial charge in [0.15, 0.2) is 0 Å². The first kappa shape index (κ1) is 15.3. The van der Waals surface area contributed by atoms with Crippen molar-refractivity contribution >= 4 is 0 Å². The monoisotopic (exact) mass is 251 g/mol. The van der Waals surface area contributed by atoms with Gasteiger partial charge in [-0.1, -0.05) is 39.0 Å². The van der Waals surface area contributed by atoms with Crippen LogP contribution in [0, 0.1) is 0 Å². The van der Waals surface area contributed by atoms with E-state index in [2.05, 4.69) is 19.1 Å². The highest BCUT2D eigenvalue weighted by Crippen LogP contribution is 2.14. The van der Waals surface area contributed by atoms with Gasteiger partial charge in [-0.2, -0.15) is 0 Å². The zero-order valence-corrected chi connectivity index (χ0v) is 11.9. The highest BCUT2D eigenvalue weighted by molar-refractivity contribution is 5.07. The van der Waals surface area contributed by atoms with Crippen LogP contribution in [-0.4, -0.2) is 6.54 Å². The van der Waals surface area contributed by atoms with E-state index in [0.717, 1.165) is 31.6 Å². The summed E-state index contributed by atoms with van der Waals surface area (Å²) < 4.78 is 5.85. The van der Waals surface area contributed by atoms with Crippen LogP contribution in [0.3, 0.4) is 0 Å². The number of rotatable bonds is 11. The lowest BCUT2D eigenvalue weighted by Crippen LogP contribution is -1.97. The van der Waals surface area contributed by atoms with E-state index in [1.807, 2.05) is 0 Å². The van der Waals surface area contributed by atoms with Gasteiger partial charge >= 0.3 is 0 Å². The molecule has 0 spiro atoms. The molecule has 0 fully saturated rings. The van der Waals surface area contributed by atoms with Crippen LogP contribution < -0.4 is 5.73 Å². The first-order chi connectivity index (χ1) is 8.86. The average Bonchev–Trinajstić information content (AvgIpc) is 2.82. The summed E-state index contributed by atoms with van der Waals surface area (Å²) in [7, 11) is 0. The van der Waals surface area contributed by atoms with Crippen molar-refractivity contribution in [1.82, 2.24) is 0 Å². The van der Waals surface area contributed by atoms with Crippen LogP contribution in [0.5, 0.6) is 0 Å². The third-order valence-electron chi connectivity index (χ3n) is 3.37. The molecule has 2 heteroatoms. The highest BCUT2D eigenvalue weighted by atomic mass is 16.3. The Labute approximate surface area is 112 Å². The van der Waals surface area contributed by atoms with Gasteiger partial charge in [0.2, 0.25) is 0 Å². The lowest BCUT2D eigenvalue weighted by atomic mass is 10.1. The molecule has 18 heavy (non-hydrogen) atoms. The lowest BCUT2D eigenvalue weighted by molar-refractivity contribution is 0.447. The van der Waals surface area contributed by atoms with E-state index in [4.69, 9.17) is 10.2 Å². The number of unbranched alkanes of at least 4 members (excludes halogenated alkanes) is 6. The molecule has 0 unspecified atom stereocenters. The number of nitrogens with two attached hydrogens (primary N) is 1. The summed E-state index contributed by atoms with van der Waals surface area (Å²) in [6.45, 7) is 3.07. The van der Waals surface area contributed by atoms with Crippen LogP contribution in [0.2, 0.25) is 0 Å². The third kappa shape index (κ3) is 6.85. The Bertz CT molecular complexity index is 293. The minimum absolute atomic E-state index is 0.822. The highest BCUT2D eigenvalue weighted by Gasteiger charge is 2.02. The van der Waals surface area contributed by atoms with Crippen LogP contribution in [-0.2, 0) is 12.8 Å². The van der Waals surface area contributed by atoms with Crippen molar-refractivity contribution in [2.75, 3.05) is 6.54 Å². The minimum Gasteiger partial charge on any atom is -0.466 e. The van der Waals surface area contributed by atoms with Crippen molar-refractivity contribution < 1.29 is 4.42 Å². The zero-order valence-electron chi connectivity index (χ0n) is 11.9. The fraction of sp³-hybridized carbons (Fsp3) is 0.750. The van der Waals surface area contributed by atoms with E-state index in [1.54, 1.807) is 0 Å². The van der Waals surface area contributed by atoms with Crippen molar-refractivity contribution in [2.45, 2.75) is 71.1 Å². The summed E-state index contributed by atoms with van der Waals surface area (Å²) in [5, 5.41) is 0. The average molecular weight is 251 g/mol. The quantitative estimate of drug-likeness (QED) is 0.590. The molecule has 1 rings (SSSR count). The number of hydrogen-bond acceptors (Lipinski definition) is 2. The summed E-state index contributed by atoms with van der Waals surface area (Å²) in [5.74, 6) is 2.33. The smallest absolute Gasteiger partial charge is 0.104 e. The van der Waals surface area contributed by atoms with Crippen molar-refractivity contribution in [3.63, 3.8) is 0 Å².